The van der Waals surface area contributed by atoms with Crippen LogP contribution in [0.4, 0.5) is 10.6 Å². The van der Waals surface area contributed by atoms with E-state index in [1.165, 1.54) is 16.7 Å². The Morgan fingerprint density at radius 3 is 2.47 bits per heavy atom. The number of aromatic hydroxyl groups is 1. The second-order valence-corrected chi connectivity index (χ2v) is 10.2. The van der Waals surface area contributed by atoms with Crippen LogP contribution in [0.2, 0.25) is 0 Å². The lowest BCUT2D eigenvalue weighted by Crippen LogP contribution is -2.39. The molecule has 0 atom stereocenters. The molecule has 13 heteroatoms. The highest BCUT2D eigenvalue weighted by Crippen LogP contribution is 2.30. The number of fused-ring (bicyclic) bond motifs is 1. The van der Waals surface area contributed by atoms with Gasteiger partial charge in [-0.2, -0.15) is 4.52 Å². The molecule has 4 rings (SSSR count). The highest BCUT2D eigenvalue weighted by Gasteiger charge is 2.31. The molecule has 3 heterocycles. The number of nitrogens with two attached hydrogens (primary N) is 1. The molecule has 0 bridgehead atoms. The van der Waals surface area contributed by atoms with Crippen molar-refractivity contribution in [2.24, 2.45) is 11.1 Å². The molecule has 2 fully saturated rings. The van der Waals surface area contributed by atoms with Crippen LogP contribution in [0.1, 0.15) is 49.5 Å². The summed E-state index contributed by atoms with van der Waals surface area (Å²) < 4.78 is 7.61. The van der Waals surface area contributed by atoms with Gasteiger partial charge in [-0.15, -0.1) is 5.10 Å². The van der Waals surface area contributed by atoms with E-state index in [9.17, 15) is 24.3 Å². The number of ether oxygens (including phenoxy) is 1. The number of hydrogen-bond acceptors (Lipinski definition) is 7. The van der Waals surface area contributed by atoms with Crippen LogP contribution >= 0.6 is 0 Å². The van der Waals surface area contributed by atoms with E-state index in [2.05, 4.69) is 15.7 Å². The SMILES string of the molecule is CC(C)(C)Cn1c(O)c(C(=O)NC2CC2)c(=O)n2nc(NC(N)=O)c(C=CC(=O)N3CCOCC3)c12. The number of primary amides is 1. The van der Waals surface area contributed by atoms with Gasteiger partial charge < -0.3 is 25.8 Å². The Hall–Kier alpha value is -3.87. The summed E-state index contributed by atoms with van der Waals surface area (Å²) in [7, 11) is 0. The molecule has 1 aliphatic heterocycles. The average Bonchev–Trinajstić information content (AvgIpc) is 3.54. The molecule has 5 N–H and O–H groups in total. The van der Waals surface area contributed by atoms with Gasteiger partial charge in [-0.25, -0.2) is 4.79 Å². The third-order valence-electron chi connectivity index (χ3n) is 5.77. The lowest BCUT2D eigenvalue weighted by atomic mass is 9.96. The Balaban J connectivity index is 1.91. The summed E-state index contributed by atoms with van der Waals surface area (Å²) in [5, 5.41) is 20.5. The molecule has 0 aromatic carbocycles. The van der Waals surface area contributed by atoms with Crippen LogP contribution < -0.4 is 21.9 Å². The molecular weight excluding hydrogens is 470 g/mol. The normalized spacial score (nSPS) is 16.5. The van der Waals surface area contributed by atoms with Crippen LogP contribution in [-0.2, 0) is 16.1 Å². The summed E-state index contributed by atoms with van der Waals surface area (Å²) in [6.07, 6.45) is 4.30. The van der Waals surface area contributed by atoms with Crippen molar-refractivity contribution in [3.8, 4) is 5.88 Å². The van der Waals surface area contributed by atoms with Crippen molar-refractivity contribution in [2.45, 2.75) is 46.2 Å². The second-order valence-electron chi connectivity index (χ2n) is 10.2. The summed E-state index contributed by atoms with van der Waals surface area (Å²) in [6.45, 7) is 7.65. The standard InChI is InChI=1S/C23H31N7O6/c1-23(2,3)12-29-19-14(6-7-15(31)28-8-10-36-11-9-28)17(26-22(24)35)27-30(19)21(34)16(20(29)33)18(32)25-13-4-5-13/h6-7,13,33H,4-5,8-12H2,1-3H3,(H,25,32)(H3,24,26,27,35). The van der Waals surface area contributed by atoms with Crippen molar-refractivity contribution in [1.82, 2.24) is 24.4 Å². The fourth-order valence-electron chi connectivity index (χ4n) is 3.97. The maximum Gasteiger partial charge on any atom is 0.317 e. The number of carbonyl (C=O) groups is 3. The van der Waals surface area contributed by atoms with Crippen molar-refractivity contribution in [2.75, 3.05) is 31.6 Å². The van der Waals surface area contributed by atoms with Crippen molar-refractivity contribution in [3.05, 3.63) is 27.6 Å². The molecule has 0 spiro atoms. The molecule has 4 amide bonds. The van der Waals surface area contributed by atoms with Gasteiger partial charge in [0, 0.05) is 31.8 Å². The summed E-state index contributed by atoms with van der Waals surface area (Å²) in [5.41, 5.74) is 3.89. The smallest absolute Gasteiger partial charge is 0.317 e. The van der Waals surface area contributed by atoms with Crippen molar-refractivity contribution >= 4 is 35.4 Å². The Kier molecular flexibility index (Phi) is 6.76. The van der Waals surface area contributed by atoms with Gasteiger partial charge in [-0.05, 0) is 24.3 Å². The summed E-state index contributed by atoms with van der Waals surface area (Å²) in [4.78, 5) is 52.3. The van der Waals surface area contributed by atoms with E-state index >= 15 is 0 Å². The number of morpholine rings is 1. The Morgan fingerprint density at radius 1 is 1.22 bits per heavy atom. The van der Waals surface area contributed by atoms with Gasteiger partial charge in [0.05, 0.1) is 18.8 Å². The zero-order valence-corrected chi connectivity index (χ0v) is 20.5. The highest BCUT2D eigenvalue weighted by molar-refractivity contribution is 5.99. The first kappa shape index (κ1) is 25.2. The minimum absolute atomic E-state index is 0.0440. The third-order valence-corrected chi connectivity index (χ3v) is 5.77. The minimum Gasteiger partial charge on any atom is -0.494 e. The third kappa shape index (κ3) is 5.35. The average molecular weight is 502 g/mol. The van der Waals surface area contributed by atoms with Crippen LogP contribution in [0.3, 0.4) is 0 Å². The number of nitrogens with one attached hydrogen (secondary N) is 2. The molecule has 1 saturated heterocycles. The van der Waals surface area contributed by atoms with Gasteiger partial charge in [-0.3, -0.25) is 24.3 Å². The summed E-state index contributed by atoms with van der Waals surface area (Å²) >= 11 is 0. The zero-order chi connectivity index (χ0) is 26.2. The first-order chi connectivity index (χ1) is 17.0. The fourth-order valence-corrected chi connectivity index (χ4v) is 3.97. The quantitative estimate of drug-likeness (QED) is 0.417. The van der Waals surface area contributed by atoms with Crippen LogP contribution in [-0.4, -0.2) is 74.4 Å². The van der Waals surface area contributed by atoms with Gasteiger partial charge in [0.1, 0.15) is 0 Å². The molecule has 0 unspecified atom stereocenters. The zero-order valence-electron chi connectivity index (χ0n) is 20.5. The van der Waals surface area contributed by atoms with Crippen molar-refractivity contribution in [3.63, 3.8) is 0 Å². The van der Waals surface area contributed by atoms with Gasteiger partial charge in [-0.1, -0.05) is 20.8 Å². The number of urea groups is 1. The second kappa shape index (κ2) is 9.64. The molecule has 2 aliphatic rings. The molecule has 194 valence electrons. The van der Waals surface area contributed by atoms with E-state index in [0.29, 0.717) is 26.3 Å². The number of carbonyl (C=O) groups excluding carboxylic acids is 3. The largest absolute Gasteiger partial charge is 0.494 e. The predicted octanol–water partition coefficient (Wildman–Crippen LogP) is 0.503. The van der Waals surface area contributed by atoms with Crippen LogP contribution in [0, 0.1) is 5.41 Å². The molecular formula is C23H31N7O6. The Morgan fingerprint density at radius 2 is 1.89 bits per heavy atom. The number of rotatable bonds is 6. The van der Waals surface area contributed by atoms with E-state index in [4.69, 9.17) is 10.5 Å². The maximum atomic E-state index is 13.4. The fraction of sp³-hybridized carbons (Fsp3) is 0.522. The van der Waals surface area contributed by atoms with Crippen LogP contribution in [0.5, 0.6) is 5.88 Å². The van der Waals surface area contributed by atoms with E-state index < -0.39 is 34.4 Å². The Bertz CT molecular complexity index is 1290. The highest BCUT2D eigenvalue weighted by atomic mass is 16.5. The number of hydrogen-bond donors (Lipinski definition) is 4. The number of nitrogens with zero attached hydrogens (tertiary/aromatic N) is 4. The van der Waals surface area contributed by atoms with Gasteiger partial charge in [0.25, 0.3) is 11.5 Å². The lowest BCUT2D eigenvalue weighted by molar-refractivity contribution is -0.129. The number of amides is 4. The molecule has 2 aromatic heterocycles. The monoisotopic (exact) mass is 501 g/mol. The van der Waals surface area contributed by atoms with Gasteiger partial charge >= 0.3 is 6.03 Å². The van der Waals surface area contributed by atoms with Crippen molar-refractivity contribution in [1.29, 1.82) is 0 Å². The van der Waals surface area contributed by atoms with E-state index in [-0.39, 0.29) is 35.5 Å². The summed E-state index contributed by atoms with van der Waals surface area (Å²) in [5.74, 6) is -1.62. The van der Waals surface area contributed by atoms with Gasteiger partial charge in [0.2, 0.25) is 11.8 Å². The van der Waals surface area contributed by atoms with Gasteiger partial charge in [0.15, 0.2) is 17.0 Å². The molecule has 2 aromatic rings. The molecule has 13 nitrogen and oxygen atoms in total. The number of aromatic nitrogens is 3. The van der Waals surface area contributed by atoms with Crippen molar-refractivity contribution < 1.29 is 24.2 Å². The van der Waals surface area contributed by atoms with E-state index in [1.807, 2.05) is 20.8 Å². The minimum atomic E-state index is -0.932. The summed E-state index contributed by atoms with van der Waals surface area (Å²) in [6, 6.07) is -0.976. The predicted molar refractivity (Wildman–Crippen MR) is 131 cm³/mol. The molecule has 1 saturated carbocycles. The maximum absolute atomic E-state index is 13.4. The molecule has 36 heavy (non-hydrogen) atoms. The molecule has 1 aliphatic carbocycles. The number of anilines is 1. The van der Waals surface area contributed by atoms with Crippen LogP contribution in [0.15, 0.2) is 10.9 Å². The topological polar surface area (TPSA) is 173 Å². The lowest BCUT2D eigenvalue weighted by Gasteiger charge is -2.25. The van der Waals surface area contributed by atoms with E-state index in [0.717, 1.165) is 17.4 Å². The molecule has 0 radical (unpaired) electrons. The van der Waals surface area contributed by atoms with E-state index in [1.54, 1.807) is 4.90 Å². The van der Waals surface area contributed by atoms with Crippen LogP contribution in [0.25, 0.3) is 11.7 Å². The first-order valence-electron chi connectivity index (χ1n) is 11.8. The first-order valence-corrected chi connectivity index (χ1v) is 11.8. The Labute approximate surface area is 206 Å².